The second kappa shape index (κ2) is 7.58. The van der Waals surface area contributed by atoms with Crippen LogP contribution in [0.1, 0.15) is 62.9 Å². The van der Waals surface area contributed by atoms with Crippen molar-refractivity contribution in [2.75, 3.05) is 13.2 Å². The van der Waals surface area contributed by atoms with E-state index < -0.39 is 0 Å². The van der Waals surface area contributed by atoms with Crippen molar-refractivity contribution >= 4 is 31.9 Å². The topological polar surface area (TPSA) is 27.7 Å². The van der Waals surface area contributed by atoms with Crippen LogP contribution in [0.15, 0.2) is 21.1 Å². The molecule has 2 heterocycles. The summed E-state index contributed by atoms with van der Waals surface area (Å²) >= 11 is 7.37. The molecule has 0 radical (unpaired) electrons. The Morgan fingerprint density at radius 1 is 0.870 bits per heavy atom. The van der Waals surface area contributed by atoms with Crippen LogP contribution in [0.3, 0.4) is 0 Å². The summed E-state index contributed by atoms with van der Waals surface area (Å²) in [6.45, 7) is 5.75. The SMILES string of the molecule is CCCCOc1c(Br)c(Br)c(OCCCC)c2c1[C@@H]1C=C[C@H]2O1. The smallest absolute Gasteiger partial charge is 0.141 e. The molecule has 5 heteroatoms. The van der Waals surface area contributed by atoms with Crippen LogP contribution in [0.25, 0.3) is 0 Å². The molecular weight excluding hydrogens is 424 g/mol. The Morgan fingerprint density at radius 3 is 1.70 bits per heavy atom. The molecule has 3 rings (SSSR count). The van der Waals surface area contributed by atoms with Gasteiger partial charge in [-0.2, -0.15) is 0 Å². The zero-order valence-electron chi connectivity index (χ0n) is 13.5. The molecule has 0 saturated carbocycles. The van der Waals surface area contributed by atoms with Crippen molar-refractivity contribution in [2.24, 2.45) is 0 Å². The first kappa shape index (κ1) is 17.3. The number of hydrogen-bond acceptors (Lipinski definition) is 3. The Morgan fingerprint density at radius 2 is 1.30 bits per heavy atom. The first-order chi connectivity index (χ1) is 11.2. The Labute approximate surface area is 154 Å². The minimum atomic E-state index is -0.0236. The standard InChI is InChI=1S/C18H22Br2O3/c1-3-5-9-21-17-13-11-7-8-12(23-11)14(13)18(16(20)15(17)19)22-10-6-4-2/h7-8,11-12H,3-6,9-10H2,1-2H3/t11-,12+. The van der Waals surface area contributed by atoms with Gasteiger partial charge >= 0.3 is 0 Å². The Balaban J connectivity index is 1.99. The van der Waals surface area contributed by atoms with Crippen molar-refractivity contribution in [3.05, 3.63) is 32.2 Å². The molecule has 0 N–H and O–H groups in total. The molecule has 0 aliphatic carbocycles. The van der Waals surface area contributed by atoms with E-state index in [2.05, 4.69) is 57.9 Å². The number of halogens is 2. The van der Waals surface area contributed by atoms with Gasteiger partial charge in [0.25, 0.3) is 0 Å². The van der Waals surface area contributed by atoms with E-state index in [9.17, 15) is 0 Å². The number of ether oxygens (including phenoxy) is 3. The molecule has 2 bridgehead atoms. The highest BCUT2D eigenvalue weighted by molar-refractivity contribution is 9.13. The summed E-state index contributed by atoms with van der Waals surface area (Å²) < 4.78 is 20.0. The lowest BCUT2D eigenvalue weighted by atomic mass is 9.95. The monoisotopic (exact) mass is 444 g/mol. The first-order valence-corrected chi connectivity index (χ1v) is 9.91. The van der Waals surface area contributed by atoms with E-state index in [1.165, 1.54) is 0 Å². The van der Waals surface area contributed by atoms with Gasteiger partial charge in [0.15, 0.2) is 0 Å². The summed E-state index contributed by atoms with van der Waals surface area (Å²) in [6.07, 6.45) is 8.47. The van der Waals surface area contributed by atoms with Crippen molar-refractivity contribution in [3.8, 4) is 11.5 Å². The Bertz CT molecular complexity index is 562. The van der Waals surface area contributed by atoms with E-state index in [0.29, 0.717) is 13.2 Å². The van der Waals surface area contributed by atoms with Gasteiger partial charge < -0.3 is 14.2 Å². The van der Waals surface area contributed by atoms with Crippen molar-refractivity contribution < 1.29 is 14.2 Å². The van der Waals surface area contributed by atoms with Gasteiger partial charge in [0.05, 0.1) is 22.2 Å². The quantitative estimate of drug-likeness (QED) is 0.349. The van der Waals surface area contributed by atoms with Crippen molar-refractivity contribution in [1.82, 2.24) is 0 Å². The second-order valence-electron chi connectivity index (χ2n) is 5.88. The number of benzene rings is 1. The Hall–Kier alpha value is -0.520. The predicted molar refractivity (Wildman–Crippen MR) is 98.4 cm³/mol. The van der Waals surface area contributed by atoms with Gasteiger partial charge in [0.1, 0.15) is 23.7 Å². The van der Waals surface area contributed by atoms with Gasteiger partial charge in [-0.25, -0.2) is 0 Å². The molecule has 0 saturated heterocycles. The fraction of sp³-hybridized carbons (Fsp3) is 0.556. The maximum atomic E-state index is 6.09. The van der Waals surface area contributed by atoms with Gasteiger partial charge in [0, 0.05) is 11.1 Å². The van der Waals surface area contributed by atoms with Crippen molar-refractivity contribution in [3.63, 3.8) is 0 Å². The van der Waals surface area contributed by atoms with E-state index in [0.717, 1.165) is 57.3 Å². The lowest BCUT2D eigenvalue weighted by molar-refractivity contribution is 0.0855. The number of fused-ring (bicyclic) bond motifs is 5. The van der Waals surface area contributed by atoms with E-state index in [1.807, 2.05) is 0 Å². The fourth-order valence-corrected chi connectivity index (χ4v) is 3.96. The molecule has 0 fully saturated rings. The zero-order chi connectivity index (χ0) is 16.4. The lowest BCUT2D eigenvalue weighted by Crippen LogP contribution is -2.08. The number of hydrogen-bond donors (Lipinski definition) is 0. The van der Waals surface area contributed by atoms with Crippen LogP contribution in [0.2, 0.25) is 0 Å². The molecule has 1 aromatic carbocycles. The van der Waals surface area contributed by atoms with Crippen molar-refractivity contribution in [2.45, 2.75) is 51.7 Å². The summed E-state index contributed by atoms with van der Waals surface area (Å²) in [7, 11) is 0. The van der Waals surface area contributed by atoms with Crippen LogP contribution in [0.5, 0.6) is 11.5 Å². The Kier molecular flexibility index (Phi) is 5.70. The van der Waals surface area contributed by atoms with Crippen LogP contribution in [0.4, 0.5) is 0 Å². The molecule has 0 unspecified atom stereocenters. The molecular formula is C18H22Br2O3. The van der Waals surface area contributed by atoms with Gasteiger partial charge in [-0.3, -0.25) is 0 Å². The van der Waals surface area contributed by atoms with Gasteiger partial charge in [0.2, 0.25) is 0 Å². The van der Waals surface area contributed by atoms with E-state index in [1.54, 1.807) is 0 Å². The second-order valence-corrected chi connectivity index (χ2v) is 7.47. The maximum absolute atomic E-state index is 6.09. The molecule has 0 spiro atoms. The molecule has 3 nitrogen and oxygen atoms in total. The summed E-state index contributed by atoms with van der Waals surface area (Å²) in [5.41, 5.74) is 2.24. The fourth-order valence-electron chi connectivity index (χ4n) is 2.94. The van der Waals surface area contributed by atoms with Gasteiger partial charge in [-0.05, 0) is 44.7 Å². The maximum Gasteiger partial charge on any atom is 0.141 e. The van der Waals surface area contributed by atoms with Crippen LogP contribution in [-0.4, -0.2) is 13.2 Å². The number of unbranched alkanes of at least 4 members (excludes halogenated alkanes) is 2. The third kappa shape index (κ3) is 3.20. The highest BCUT2D eigenvalue weighted by Crippen LogP contribution is 2.58. The molecule has 126 valence electrons. The average Bonchev–Trinajstić information content (AvgIpc) is 3.15. The lowest BCUT2D eigenvalue weighted by Gasteiger charge is -2.21. The van der Waals surface area contributed by atoms with E-state index in [4.69, 9.17) is 14.2 Å². The highest BCUT2D eigenvalue weighted by Gasteiger charge is 2.41. The number of rotatable bonds is 8. The third-order valence-electron chi connectivity index (χ3n) is 4.18. The molecule has 1 aromatic rings. The molecule has 0 amide bonds. The largest absolute Gasteiger partial charge is 0.492 e. The molecule has 0 aromatic heterocycles. The third-order valence-corrected chi connectivity index (χ3v) is 6.23. The molecule has 2 aliphatic heterocycles. The minimum Gasteiger partial charge on any atom is -0.492 e. The van der Waals surface area contributed by atoms with Crippen LogP contribution in [0, 0.1) is 0 Å². The van der Waals surface area contributed by atoms with Gasteiger partial charge in [-0.1, -0.05) is 38.8 Å². The summed E-state index contributed by atoms with van der Waals surface area (Å²) in [4.78, 5) is 0. The van der Waals surface area contributed by atoms with E-state index in [-0.39, 0.29) is 12.2 Å². The van der Waals surface area contributed by atoms with Gasteiger partial charge in [-0.15, -0.1) is 0 Å². The summed E-state index contributed by atoms with van der Waals surface area (Å²) in [6, 6.07) is 0. The molecule has 2 atom stereocenters. The summed E-state index contributed by atoms with van der Waals surface area (Å²) in [5, 5.41) is 0. The summed E-state index contributed by atoms with van der Waals surface area (Å²) in [5.74, 6) is 1.78. The normalized spacial score (nSPS) is 20.9. The highest BCUT2D eigenvalue weighted by atomic mass is 79.9. The van der Waals surface area contributed by atoms with Crippen LogP contribution < -0.4 is 9.47 Å². The van der Waals surface area contributed by atoms with Crippen LogP contribution in [-0.2, 0) is 4.74 Å². The zero-order valence-corrected chi connectivity index (χ0v) is 16.7. The predicted octanol–water partition coefficient (Wildman–Crippen LogP) is 6.25. The molecule has 23 heavy (non-hydrogen) atoms. The molecule has 2 aliphatic rings. The van der Waals surface area contributed by atoms with Crippen molar-refractivity contribution in [1.29, 1.82) is 0 Å². The minimum absolute atomic E-state index is 0.0236. The average molecular weight is 446 g/mol. The first-order valence-electron chi connectivity index (χ1n) is 8.33. The van der Waals surface area contributed by atoms with Crippen LogP contribution >= 0.6 is 31.9 Å². The van der Waals surface area contributed by atoms with E-state index >= 15 is 0 Å².